The monoisotopic (exact) mass is 232 g/mol. The maximum atomic E-state index is 11.2. The number of carbonyl (C=O) groups excluding carboxylic acids is 3. The van der Waals surface area contributed by atoms with Gasteiger partial charge in [0.15, 0.2) is 0 Å². The molecule has 0 aliphatic heterocycles. The molecule has 0 bridgehead atoms. The van der Waals surface area contributed by atoms with Gasteiger partial charge in [-0.2, -0.15) is 0 Å². The second-order valence-electron chi connectivity index (χ2n) is 2.84. The molecule has 0 spiro atoms. The van der Waals surface area contributed by atoms with E-state index in [4.69, 9.17) is 5.73 Å². The molecular weight excluding hydrogens is 216 g/mol. The maximum absolute atomic E-state index is 11.2. The lowest BCUT2D eigenvalue weighted by Crippen LogP contribution is -2.31. The van der Waals surface area contributed by atoms with E-state index in [9.17, 15) is 14.4 Å². The second kappa shape index (κ2) is 9.67. The van der Waals surface area contributed by atoms with Gasteiger partial charge < -0.3 is 20.6 Å². The quantitative estimate of drug-likeness (QED) is 0.407. The zero-order chi connectivity index (χ0) is 11.5. The zero-order valence-electron chi connectivity index (χ0n) is 8.48. The first-order valence-electron chi connectivity index (χ1n) is 4.72. The third-order valence-electron chi connectivity index (χ3n) is 1.57. The Hall–Kier alpha value is -0.880. The number of carbonyl (C=O) groups is 3. The molecule has 0 aromatic carbocycles. The van der Waals surface area contributed by atoms with Gasteiger partial charge in [-0.05, 0) is 0 Å². The number of thioether (sulfide) groups is 1. The molecular formula is C9H16N2O3S. The van der Waals surface area contributed by atoms with Crippen LogP contribution >= 0.6 is 11.8 Å². The predicted octanol–water partition coefficient (Wildman–Crippen LogP) is -0.659. The van der Waals surface area contributed by atoms with Crippen LogP contribution in [0.5, 0.6) is 0 Å². The van der Waals surface area contributed by atoms with Crippen LogP contribution in [0.15, 0.2) is 0 Å². The Morgan fingerprint density at radius 1 is 1.47 bits per heavy atom. The van der Waals surface area contributed by atoms with Gasteiger partial charge >= 0.3 is 0 Å². The number of amides is 1. The molecule has 1 amide bonds. The van der Waals surface area contributed by atoms with Crippen molar-refractivity contribution in [3.8, 4) is 0 Å². The van der Waals surface area contributed by atoms with Gasteiger partial charge in [0.1, 0.15) is 12.6 Å². The smallest absolute Gasteiger partial charge is 0.221 e. The first-order chi connectivity index (χ1) is 7.24. The normalized spacial score (nSPS) is 11.8. The first-order valence-corrected chi connectivity index (χ1v) is 5.76. The molecule has 6 heteroatoms. The fourth-order valence-electron chi connectivity index (χ4n) is 0.880. The molecule has 1 atom stereocenters. The molecule has 0 aliphatic carbocycles. The van der Waals surface area contributed by atoms with Crippen LogP contribution in [0, 0.1) is 0 Å². The van der Waals surface area contributed by atoms with Crippen LogP contribution in [0.25, 0.3) is 0 Å². The standard InChI is InChI=1S/C9H16N2O3S/c10-2-3-11-9(14)6-8(7-13)15-5-1-4-12/h4,7-8H,1-3,5-6,10H2,(H,11,14). The van der Waals surface area contributed by atoms with Crippen molar-refractivity contribution < 1.29 is 14.4 Å². The van der Waals surface area contributed by atoms with Gasteiger partial charge in [0.2, 0.25) is 5.91 Å². The highest BCUT2D eigenvalue weighted by molar-refractivity contribution is 8.00. The van der Waals surface area contributed by atoms with Gasteiger partial charge in [0.25, 0.3) is 0 Å². The van der Waals surface area contributed by atoms with E-state index in [2.05, 4.69) is 5.32 Å². The Labute approximate surface area is 93.2 Å². The summed E-state index contributed by atoms with van der Waals surface area (Å²) in [5.74, 6) is 0.382. The summed E-state index contributed by atoms with van der Waals surface area (Å²) < 4.78 is 0. The second-order valence-corrected chi connectivity index (χ2v) is 4.19. The summed E-state index contributed by atoms with van der Waals surface area (Å²) in [4.78, 5) is 31.8. The van der Waals surface area contributed by atoms with E-state index in [0.29, 0.717) is 25.3 Å². The van der Waals surface area contributed by atoms with E-state index in [1.807, 2.05) is 0 Å². The highest BCUT2D eigenvalue weighted by atomic mass is 32.2. The minimum atomic E-state index is -0.372. The van der Waals surface area contributed by atoms with Crippen LogP contribution in [-0.4, -0.2) is 42.6 Å². The van der Waals surface area contributed by atoms with E-state index in [0.717, 1.165) is 12.6 Å². The number of hydrogen-bond acceptors (Lipinski definition) is 5. The Bertz CT molecular complexity index is 212. The lowest BCUT2D eigenvalue weighted by molar-refractivity contribution is -0.122. The van der Waals surface area contributed by atoms with Gasteiger partial charge in [-0.1, -0.05) is 0 Å². The molecule has 0 aromatic heterocycles. The first kappa shape index (κ1) is 14.1. The summed E-state index contributed by atoms with van der Waals surface area (Å²) in [6.07, 6.45) is 2.08. The van der Waals surface area contributed by atoms with Crippen LogP contribution in [0.1, 0.15) is 12.8 Å². The average molecular weight is 232 g/mol. The minimum Gasteiger partial charge on any atom is -0.355 e. The largest absolute Gasteiger partial charge is 0.355 e. The molecule has 1 unspecified atom stereocenters. The number of rotatable bonds is 9. The molecule has 15 heavy (non-hydrogen) atoms. The van der Waals surface area contributed by atoms with Crippen molar-refractivity contribution in [2.45, 2.75) is 18.1 Å². The summed E-state index contributed by atoms with van der Waals surface area (Å²) in [5.41, 5.74) is 5.21. The molecule has 0 saturated carbocycles. The highest BCUT2D eigenvalue weighted by Gasteiger charge is 2.12. The minimum absolute atomic E-state index is 0.146. The highest BCUT2D eigenvalue weighted by Crippen LogP contribution is 2.12. The summed E-state index contributed by atoms with van der Waals surface area (Å²) in [7, 11) is 0. The van der Waals surface area contributed by atoms with Crippen molar-refractivity contribution in [2.75, 3.05) is 18.8 Å². The number of hydrogen-bond donors (Lipinski definition) is 2. The number of nitrogens with one attached hydrogen (secondary N) is 1. The van der Waals surface area contributed by atoms with Crippen LogP contribution in [0.2, 0.25) is 0 Å². The lowest BCUT2D eigenvalue weighted by atomic mass is 10.3. The van der Waals surface area contributed by atoms with E-state index in [-0.39, 0.29) is 17.6 Å². The van der Waals surface area contributed by atoms with Gasteiger partial charge in [-0.25, -0.2) is 0 Å². The van der Waals surface area contributed by atoms with Crippen molar-refractivity contribution >= 4 is 30.2 Å². The van der Waals surface area contributed by atoms with Gasteiger partial charge in [0.05, 0.1) is 5.25 Å². The summed E-state index contributed by atoms with van der Waals surface area (Å²) in [5, 5.41) is 2.21. The van der Waals surface area contributed by atoms with Crippen LogP contribution < -0.4 is 11.1 Å². The molecule has 0 heterocycles. The third-order valence-corrected chi connectivity index (χ3v) is 2.75. The molecule has 3 N–H and O–H groups in total. The molecule has 0 radical (unpaired) electrons. The van der Waals surface area contributed by atoms with Crippen molar-refractivity contribution in [2.24, 2.45) is 5.73 Å². The Morgan fingerprint density at radius 2 is 2.20 bits per heavy atom. The maximum Gasteiger partial charge on any atom is 0.221 e. The number of aldehydes is 2. The molecule has 0 aliphatic rings. The van der Waals surface area contributed by atoms with Crippen molar-refractivity contribution in [1.29, 1.82) is 0 Å². The molecule has 86 valence electrons. The summed E-state index contributed by atoms with van der Waals surface area (Å²) in [6.45, 7) is 0.805. The molecule has 0 rings (SSSR count). The topological polar surface area (TPSA) is 89.3 Å². The van der Waals surface area contributed by atoms with Crippen molar-refractivity contribution in [3.63, 3.8) is 0 Å². The molecule has 0 aromatic rings. The molecule has 0 saturated heterocycles. The van der Waals surface area contributed by atoms with E-state index >= 15 is 0 Å². The third kappa shape index (κ3) is 8.14. The Balaban J connectivity index is 3.71. The fourth-order valence-corrected chi connectivity index (χ4v) is 1.76. The Morgan fingerprint density at radius 3 is 2.73 bits per heavy atom. The lowest BCUT2D eigenvalue weighted by Gasteiger charge is -2.08. The van der Waals surface area contributed by atoms with E-state index < -0.39 is 0 Å². The van der Waals surface area contributed by atoms with Gasteiger partial charge in [-0.15, -0.1) is 11.8 Å². The summed E-state index contributed by atoms with van der Waals surface area (Å²) >= 11 is 1.32. The van der Waals surface area contributed by atoms with Crippen molar-refractivity contribution in [3.05, 3.63) is 0 Å². The van der Waals surface area contributed by atoms with Crippen molar-refractivity contribution in [1.82, 2.24) is 5.32 Å². The predicted molar refractivity (Wildman–Crippen MR) is 59.7 cm³/mol. The van der Waals surface area contributed by atoms with Crippen LogP contribution in [-0.2, 0) is 14.4 Å². The SMILES string of the molecule is NCCNC(=O)CC(C=O)SCCC=O. The average Bonchev–Trinajstić information content (AvgIpc) is 2.25. The van der Waals surface area contributed by atoms with Gasteiger partial charge in [-0.3, -0.25) is 4.79 Å². The van der Waals surface area contributed by atoms with Gasteiger partial charge in [0, 0.05) is 31.7 Å². The fraction of sp³-hybridized carbons (Fsp3) is 0.667. The van der Waals surface area contributed by atoms with E-state index in [1.165, 1.54) is 11.8 Å². The van der Waals surface area contributed by atoms with E-state index in [1.54, 1.807) is 0 Å². The summed E-state index contributed by atoms with van der Waals surface area (Å²) in [6, 6.07) is 0. The molecule has 5 nitrogen and oxygen atoms in total. The molecule has 0 fully saturated rings. The zero-order valence-corrected chi connectivity index (χ0v) is 9.29. The number of nitrogens with two attached hydrogens (primary N) is 1. The Kier molecular flexibility index (Phi) is 9.10. The van der Waals surface area contributed by atoms with Crippen LogP contribution in [0.3, 0.4) is 0 Å². The van der Waals surface area contributed by atoms with Crippen LogP contribution in [0.4, 0.5) is 0 Å².